The number of halogens is 5. The maximum absolute atomic E-state index is 12.9. The van der Waals surface area contributed by atoms with Crippen molar-refractivity contribution in [1.29, 1.82) is 0 Å². The number of thiocarbonyl (C=S) groups is 1. The molecule has 0 bridgehead atoms. The first-order valence-electron chi connectivity index (χ1n) is 6.86. The zero-order chi connectivity index (χ0) is 17.9. The normalized spacial score (nSPS) is 12.6. The fourth-order valence-corrected chi connectivity index (χ4v) is 2.80. The summed E-state index contributed by atoms with van der Waals surface area (Å²) in [5.74, 6) is 0. The highest BCUT2D eigenvalue weighted by Crippen LogP contribution is 2.36. The second-order valence-electron chi connectivity index (χ2n) is 5.06. The van der Waals surface area contributed by atoms with Gasteiger partial charge in [-0.25, -0.2) is 0 Å². The molecule has 0 heterocycles. The monoisotopic (exact) mass is 436 g/mol. The Morgan fingerprint density at radius 1 is 1.17 bits per heavy atom. The lowest BCUT2D eigenvalue weighted by Gasteiger charge is -2.18. The van der Waals surface area contributed by atoms with Crippen LogP contribution in [0.4, 0.5) is 18.9 Å². The topological polar surface area (TPSA) is 24.1 Å². The largest absolute Gasteiger partial charge is 0.417 e. The van der Waals surface area contributed by atoms with Gasteiger partial charge in [-0.15, -0.1) is 0 Å². The first-order chi connectivity index (χ1) is 11.2. The van der Waals surface area contributed by atoms with E-state index in [9.17, 15) is 13.2 Å². The van der Waals surface area contributed by atoms with E-state index in [4.69, 9.17) is 23.8 Å². The fraction of sp³-hybridized carbons (Fsp3) is 0.188. The van der Waals surface area contributed by atoms with E-state index in [2.05, 4.69) is 26.6 Å². The molecule has 128 valence electrons. The summed E-state index contributed by atoms with van der Waals surface area (Å²) >= 11 is 14.1. The van der Waals surface area contributed by atoms with E-state index < -0.39 is 11.7 Å². The highest BCUT2D eigenvalue weighted by molar-refractivity contribution is 9.10. The Balaban J connectivity index is 2.06. The van der Waals surface area contributed by atoms with Crippen LogP contribution in [0.1, 0.15) is 24.1 Å². The van der Waals surface area contributed by atoms with Gasteiger partial charge in [0.05, 0.1) is 16.6 Å². The number of hydrogen-bond acceptors (Lipinski definition) is 1. The Bertz CT molecular complexity index is 735. The Kier molecular flexibility index (Phi) is 6.11. The molecule has 0 aromatic heterocycles. The van der Waals surface area contributed by atoms with Crippen LogP contribution in [0.2, 0.25) is 5.02 Å². The number of benzene rings is 2. The van der Waals surface area contributed by atoms with Crippen LogP contribution >= 0.6 is 39.7 Å². The highest BCUT2D eigenvalue weighted by Gasteiger charge is 2.33. The van der Waals surface area contributed by atoms with E-state index in [-0.39, 0.29) is 21.9 Å². The molecule has 24 heavy (non-hydrogen) atoms. The molecule has 1 unspecified atom stereocenters. The Labute approximate surface area is 156 Å². The van der Waals surface area contributed by atoms with Crippen LogP contribution in [0.3, 0.4) is 0 Å². The first-order valence-corrected chi connectivity index (χ1v) is 8.44. The van der Waals surface area contributed by atoms with E-state index in [0.717, 1.165) is 16.1 Å². The average molecular weight is 438 g/mol. The van der Waals surface area contributed by atoms with Gasteiger partial charge >= 0.3 is 6.18 Å². The Hall–Kier alpha value is -1.31. The lowest BCUT2D eigenvalue weighted by atomic mass is 10.1. The molecule has 0 amide bonds. The summed E-state index contributed by atoms with van der Waals surface area (Å²) in [7, 11) is 0. The molecule has 2 nitrogen and oxygen atoms in total. The average Bonchev–Trinajstić information content (AvgIpc) is 2.48. The molecule has 0 aliphatic carbocycles. The molecule has 0 spiro atoms. The molecule has 2 aromatic carbocycles. The van der Waals surface area contributed by atoms with E-state index in [1.807, 2.05) is 31.2 Å². The number of hydrogen-bond donors (Lipinski definition) is 2. The Morgan fingerprint density at radius 3 is 2.38 bits per heavy atom. The van der Waals surface area contributed by atoms with Gasteiger partial charge < -0.3 is 10.6 Å². The van der Waals surface area contributed by atoms with Crippen molar-refractivity contribution < 1.29 is 13.2 Å². The standard InChI is InChI=1S/C16H13BrClF3N2S/c1-9(10-2-4-11(17)5-3-10)22-15(24)23-12-6-7-14(18)13(8-12)16(19,20)21/h2-9H,1H3,(H2,22,23,24). The minimum Gasteiger partial charge on any atom is -0.356 e. The van der Waals surface area contributed by atoms with Gasteiger partial charge in [0.1, 0.15) is 0 Å². The molecule has 0 radical (unpaired) electrons. The molecule has 1 atom stereocenters. The molecular formula is C16H13BrClF3N2S. The zero-order valence-electron chi connectivity index (χ0n) is 12.4. The van der Waals surface area contributed by atoms with Gasteiger partial charge in [-0.2, -0.15) is 13.2 Å². The summed E-state index contributed by atoms with van der Waals surface area (Å²) in [6.07, 6.45) is -4.52. The lowest BCUT2D eigenvalue weighted by Crippen LogP contribution is -2.31. The number of nitrogens with one attached hydrogen (secondary N) is 2. The van der Waals surface area contributed by atoms with Crippen molar-refractivity contribution in [3.8, 4) is 0 Å². The lowest BCUT2D eigenvalue weighted by molar-refractivity contribution is -0.137. The third-order valence-electron chi connectivity index (χ3n) is 3.25. The molecule has 0 fully saturated rings. The minimum absolute atomic E-state index is 0.104. The van der Waals surface area contributed by atoms with Crippen LogP contribution in [0.25, 0.3) is 0 Å². The summed E-state index contributed by atoms with van der Waals surface area (Å²) < 4.78 is 39.6. The smallest absolute Gasteiger partial charge is 0.356 e. The summed E-state index contributed by atoms with van der Waals surface area (Å²) in [4.78, 5) is 0. The first kappa shape index (κ1) is 19.0. The van der Waals surface area contributed by atoms with Crippen molar-refractivity contribution >= 4 is 50.5 Å². The van der Waals surface area contributed by atoms with E-state index in [1.54, 1.807) is 0 Å². The van der Waals surface area contributed by atoms with Crippen molar-refractivity contribution in [3.05, 3.63) is 63.1 Å². The zero-order valence-corrected chi connectivity index (χ0v) is 15.6. The number of alkyl halides is 3. The summed E-state index contributed by atoms with van der Waals surface area (Å²) in [5, 5.41) is 5.65. The maximum Gasteiger partial charge on any atom is 0.417 e. The molecule has 0 saturated carbocycles. The molecule has 2 rings (SSSR count). The van der Waals surface area contributed by atoms with Gasteiger partial charge in [-0.3, -0.25) is 0 Å². The van der Waals surface area contributed by atoms with Crippen molar-refractivity contribution in [2.75, 3.05) is 5.32 Å². The SMILES string of the molecule is CC(NC(=S)Nc1ccc(Cl)c(C(F)(F)F)c1)c1ccc(Br)cc1. The predicted octanol–water partition coefficient (Wildman–Crippen LogP) is 6.17. The van der Waals surface area contributed by atoms with Gasteiger partial charge in [-0.05, 0) is 55.0 Å². The van der Waals surface area contributed by atoms with Gasteiger partial charge in [0, 0.05) is 10.2 Å². The van der Waals surface area contributed by atoms with Crippen LogP contribution < -0.4 is 10.6 Å². The second kappa shape index (κ2) is 7.72. The van der Waals surface area contributed by atoms with Gasteiger partial charge in [0.15, 0.2) is 5.11 Å². The maximum atomic E-state index is 12.9. The molecule has 0 saturated heterocycles. The van der Waals surface area contributed by atoms with Crippen LogP contribution in [0, 0.1) is 0 Å². The van der Waals surface area contributed by atoms with Crippen molar-refractivity contribution in [3.63, 3.8) is 0 Å². The summed E-state index contributed by atoms with van der Waals surface area (Å²) in [6.45, 7) is 1.90. The van der Waals surface area contributed by atoms with Crippen LogP contribution in [0.15, 0.2) is 46.9 Å². The quantitative estimate of drug-likeness (QED) is 0.562. The van der Waals surface area contributed by atoms with E-state index >= 15 is 0 Å². The molecule has 0 aliphatic heterocycles. The summed E-state index contributed by atoms with van der Waals surface area (Å²) in [6, 6.07) is 11.1. The molecule has 2 N–H and O–H groups in total. The van der Waals surface area contributed by atoms with E-state index in [1.165, 1.54) is 12.1 Å². The van der Waals surface area contributed by atoms with Crippen LogP contribution in [0.5, 0.6) is 0 Å². The third-order valence-corrected chi connectivity index (χ3v) is 4.33. The second-order valence-corrected chi connectivity index (χ2v) is 6.80. The molecule has 8 heteroatoms. The van der Waals surface area contributed by atoms with Crippen molar-refractivity contribution in [1.82, 2.24) is 5.32 Å². The third kappa shape index (κ3) is 5.09. The van der Waals surface area contributed by atoms with Gasteiger partial charge in [0.25, 0.3) is 0 Å². The van der Waals surface area contributed by atoms with Crippen molar-refractivity contribution in [2.24, 2.45) is 0 Å². The molecular weight excluding hydrogens is 425 g/mol. The predicted molar refractivity (Wildman–Crippen MR) is 98.4 cm³/mol. The van der Waals surface area contributed by atoms with E-state index in [0.29, 0.717) is 0 Å². The Morgan fingerprint density at radius 2 is 1.79 bits per heavy atom. The highest BCUT2D eigenvalue weighted by atomic mass is 79.9. The van der Waals surface area contributed by atoms with Gasteiger partial charge in [0.2, 0.25) is 0 Å². The fourth-order valence-electron chi connectivity index (χ4n) is 2.02. The number of anilines is 1. The molecule has 2 aromatic rings. The van der Waals surface area contributed by atoms with Crippen LogP contribution in [-0.4, -0.2) is 5.11 Å². The van der Waals surface area contributed by atoms with Crippen LogP contribution in [-0.2, 0) is 6.18 Å². The summed E-state index contributed by atoms with van der Waals surface area (Å²) in [5.41, 5.74) is 0.305. The van der Waals surface area contributed by atoms with Gasteiger partial charge in [-0.1, -0.05) is 39.7 Å². The molecule has 0 aliphatic rings. The van der Waals surface area contributed by atoms with Crippen molar-refractivity contribution in [2.45, 2.75) is 19.1 Å². The number of rotatable bonds is 3. The minimum atomic E-state index is -4.52.